The summed E-state index contributed by atoms with van der Waals surface area (Å²) in [6.07, 6.45) is 0. The molecule has 0 aliphatic heterocycles. The molecule has 0 radical (unpaired) electrons. The van der Waals surface area contributed by atoms with E-state index in [0.717, 1.165) is 11.3 Å². The highest BCUT2D eigenvalue weighted by Crippen LogP contribution is 2.34. The number of nitrogens with two attached hydrogens (primary N) is 1. The zero-order valence-electron chi connectivity index (χ0n) is 7.83. The van der Waals surface area contributed by atoms with Gasteiger partial charge in [-0.2, -0.15) is 0 Å². The average molecular weight is 289 g/mol. The topological polar surface area (TPSA) is 72.2 Å². The van der Waals surface area contributed by atoms with Crippen molar-refractivity contribution in [3.63, 3.8) is 0 Å². The van der Waals surface area contributed by atoms with Gasteiger partial charge in [0.2, 0.25) is 10.0 Å². The molecular formula is C7H10Cl2N2O2S2. The SMILES string of the molecule is C[C@@H](CN)NS(=O)(=O)c1cc(Cl)sc1Cl. The summed E-state index contributed by atoms with van der Waals surface area (Å²) in [7, 11) is -3.62. The summed E-state index contributed by atoms with van der Waals surface area (Å²) in [4.78, 5) is -0.000494. The van der Waals surface area contributed by atoms with Gasteiger partial charge < -0.3 is 5.73 Å². The lowest BCUT2D eigenvalue weighted by Crippen LogP contribution is -2.37. The zero-order chi connectivity index (χ0) is 11.6. The van der Waals surface area contributed by atoms with Gasteiger partial charge in [-0.25, -0.2) is 13.1 Å². The molecule has 86 valence electrons. The Bertz CT molecular complexity index is 444. The van der Waals surface area contributed by atoms with E-state index in [4.69, 9.17) is 28.9 Å². The monoisotopic (exact) mass is 288 g/mol. The van der Waals surface area contributed by atoms with Crippen molar-refractivity contribution < 1.29 is 8.42 Å². The van der Waals surface area contributed by atoms with Gasteiger partial charge in [0.05, 0.1) is 4.34 Å². The Morgan fingerprint density at radius 3 is 2.60 bits per heavy atom. The van der Waals surface area contributed by atoms with Crippen LogP contribution in [0, 0.1) is 0 Å². The molecule has 1 heterocycles. The Balaban J connectivity index is 3.01. The summed E-state index contributed by atoms with van der Waals surface area (Å²) >= 11 is 12.4. The molecule has 0 amide bonds. The third-order valence-electron chi connectivity index (χ3n) is 1.62. The predicted molar refractivity (Wildman–Crippen MR) is 63.2 cm³/mol. The van der Waals surface area contributed by atoms with E-state index < -0.39 is 10.0 Å². The fourth-order valence-electron chi connectivity index (χ4n) is 0.885. The molecule has 15 heavy (non-hydrogen) atoms. The normalized spacial score (nSPS) is 14.1. The fraction of sp³-hybridized carbons (Fsp3) is 0.429. The van der Waals surface area contributed by atoms with Gasteiger partial charge in [0.15, 0.2) is 0 Å². The van der Waals surface area contributed by atoms with Crippen LogP contribution in [0.25, 0.3) is 0 Å². The van der Waals surface area contributed by atoms with Gasteiger partial charge in [-0.15, -0.1) is 11.3 Å². The first-order chi connectivity index (χ1) is 6.86. The van der Waals surface area contributed by atoms with Crippen LogP contribution in [-0.2, 0) is 10.0 Å². The van der Waals surface area contributed by atoms with Crippen molar-refractivity contribution in [3.8, 4) is 0 Å². The highest BCUT2D eigenvalue weighted by molar-refractivity contribution is 7.89. The predicted octanol–water partition coefficient (Wildman–Crippen LogP) is 1.68. The summed E-state index contributed by atoms with van der Waals surface area (Å²) in [5.41, 5.74) is 5.32. The highest BCUT2D eigenvalue weighted by Gasteiger charge is 2.22. The van der Waals surface area contributed by atoms with Gasteiger partial charge >= 0.3 is 0 Å². The van der Waals surface area contributed by atoms with Crippen LogP contribution in [0.15, 0.2) is 11.0 Å². The molecule has 1 rings (SSSR count). The molecule has 0 spiro atoms. The number of hydrogen-bond acceptors (Lipinski definition) is 4. The summed E-state index contributed by atoms with van der Waals surface area (Å²) < 4.78 is 26.3. The van der Waals surface area contributed by atoms with Gasteiger partial charge in [0.1, 0.15) is 9.23 Å². The van der Waals surface area contributed by atoms with Crippen LogP contribution in [0.3, 0.4) is 0 Å². The molecule has 1 aromatic heterocycles. The quantitative estimate of drug-likeness (QED) is 0.885. The van der Waals surface area contributed by atoms with Crippen LogP contribution in [0.4, 0.5) is 0 Å². The smallest absolute Gasteiger partial charge is 0.243 e. The number of rotatable bonds is 4. The van der Waals surface area contributed by atoms with Crippen molar-refractivity contribution in [2.24, 2.45) is 5.73 Å². The van der Waals surface area contributed by atoms with Gasteiger partial charge in [0.25, 0.3) is 0 Å². The van der Waals surface area contributed by atoms with Crippen molar-refractivity contribution in [1.29, 1.82) is 0 Å². The lowest BCUT2D eigenvalue weighted by Gasteiger charge is -2.10. The lowest BCUT2D eigenvalue weighted by atomic mass is 10.4. The second-order valence-corrected chi connectivity index (χ2v) is 6.91. The third-order valence-corrected chi connectivity index (χ3v) is 4.97. The minimum absolute atomic E-state index is 0.000494. The molecule has 4 nitrogen and oxygen atoms in total. The largest absolute Gasteiger partial charge is 0.329 e. The molecule has 3 N–H and O–H groups in total. The highest BCUT2D eigenvalue weighted by atomic mass is 35.5. The summed E-state index contributed by atoms with van der Waals surface area (Å²) in [6, 6.07) is 0.977. The van der Waals surface area contributed by atoms with E-state index in [0.29, 0.717) is 4.34 Å². The first-order valence-corrected chi connectivity index (χ1v) is 7.09. The molecule has 0 unspecified atom stereocenters. The molecule has 0 saturated heterocycles. The number of halogens is 2. The Labute approximate surface area is 102 Å². The molecule has 1 atom stereocenters. The average Bonchev–Trinajstić information content (AvgIpc) is 2.45. The summed E-state index contributed by atoms with van der Waals surface area (Å²) in [5.74, 6) is 0. The Morgan fingerprint density at radius 2 is 2.20 bits per heavy atom. The van der Waals surface area contributed by atoms with Gasteiger partial charge in [-0.05, 0) is 13.0 Å². The minimum atomic E-state index is -3.62. The van der Waals surface area contributed by atoms with E-state index in [2.05, 4.69) is 4.72 Å². The molecule has 0 bridgehead atoms. The Kier molecular flexibility index (Phi) is 4.39. The van der Waals surface area contributed by atoms with Crippen LogP contribution < -0.4 is 10.5 Å². The molecule has 0 aliphatic carbocycles. The lowest BCUT2D eigenvalue weighted by molar-refractivity contribution is 0.563. The first kappa shape index (κ1) is 13.2. The minimum Gasteiger partial charge on any atom is -0.329 e. The van der Waals surface area contributed by atoms with Gasteiger partial charge in [0, 0.05) is 12.6 Å². The molecule has 0 fully saturated rings. The Morgan fingerprint density at radius 1 is 1.60 bits per heavy atom. The number of nitrogens with one attached hydrogen (secondary N) is 1. The van der Waals surface area contributed by atoms with Crippen LogP contribution in [0.1, 0.15) is 6.92 Å². The Hall–Kier alpha value is 0.150. The molecular weight excluding hydrogens is 279 g/mol. The van der Waals surface area contributed by atoms with Gasteiger partial charge in [-0.1, -0.05) is 23.2 Å². The van der Waals surface area contributed by atoms with Crippen molar-refractivity contribution in [3.05, 3.63) is 14.7 Å². The van der Waals surface area contributed by atoms with E-state index in [-0.39, 0.29) is 21.8 Å². The zero-order valence-corrected chi connectivity index (χ0v) is 11.0. The van der Waals surface area contributed by atoms with E-state index >= 15 is 0 Å². The van der Waals surface area contributed by atoms with Crippen molar-refractivity contribution in [2.75, 3.05) is 6.54 Å². The van der Waals surface area contributed by atoms with E-state index in [1.54, 1.807) is 6.92 Å². The summed E-state index contributed by atoms with van der Waals surface area (Å²) in [6.45, 7) is 1.88. The van der Waals surface area contributed by atoms with Crippen molar-refractivity contribution in [1.82, 2.24) is 4.72 Å². The fourth-order valence-corrected chi connectivity index (χ4v) is 4.29. The van der Waals surface area contributed by atoms with E-state index in [1.807, 2.05) is 0 Å². The van der Waals surface area contributed by atoms with Gasteiger partial charge in [-0.3, -0.25) is 0 Å². The van der Waals surface area contributed by atoms with Crippen LogP contribution in [0.2, 0.25) is 8.67 Å². The van der Waals surface area contributed by atoms with E-state index in [1.165, 1.54) is 6.07 Å². The number of hydrogen-bond donors (Lipinski definition) is 2. The standard InChI is InChI=1S/C7H10Cl2N2O2S2/c1-4(3-10)11-15(12,13)5-2-6(8)14-7(5)9/h2,4,11H,3,10H2,1H3/t4-/m0/s1. The first-order valence-electron chi connectivity index (χ1n) is 4.04. The molecule has 1 aromatic rings. The maximum atomic E-state index is 11.7. The van der Waals surface area contributed by atoms with Crippen molar-refractivity contribution in [2.45, 2.75) is 17.9 Å². The van der Waals surface area contributed by atoms with Crippen LogP contribution in [-0.4, -0.2) is 21.0 Å². The van der Waals surface area contributed by atoms with Crippen LogP contribution >= 0.6 is 34.5 Å². The molecule has 0 aliphatic rings. The molecule has 0 aromatic carbocycles. The number of sulfonamides is 1. The maximum Gasteiger partial charge on any atom is 0.243 e. The number of thiophene rings is 1. The third kappa shape index (κ3) is 3.30. The van der Waals surface area contributed by atoms with Crippen molar-refractivity contribution >= 4 is 44.6 Å². The second-order valence-electron chi connectivity index (χ2n) is 2.95. The molecule has 8 heteroatoms. The maximum absolute atomic E-state index is 11.7. The molecule has 0 saturated carbocycles. The second kappa shape index (κ2) is 4.99. The summed E-state index contributed by atoms with van der Waals surface area (Å²) in [5, 5.41) is 0. The van der Waals surface area contributed by atoms with E-state index in [9.17, 15) is 8.42 Å². The van der Waals surface area contributed by atoms with Crippen LogP contribution in [0.5, 0.6) is 0 Å².